The van der Waals surface area contributed by atoms with Gasteiger partial charge in [-0.3, -0.25) is 0 Å². The number of halogens is 1. The van der Waals surface area contributed by atoms with Crippen molar-refractivity contribution in [3.05, 3.63) is 0 Å². The highest BCUT2D eigenvalue weighted by molar-refractivity contribution is 14.1. The average Bonchev–Trinajstić information content (AvgIpc) is 2.01. The summed E-state index contributed by atoms with van der Waals surface area (Å²) in [6, 6.07) is 0. The maximum Gasteiger partial charge on any atom is 0.0381 e. The van der Waals surface area contributed by atoms with Crippen LogP contribution in [0, 0.1) is 5.92 Å². The highest BCUT2D eigenvalue weighted by Gasteiger charge is 2.25. The summed E-state index contributed by atoms with van der Waals surface area (Å²) in [6.45, 7) is 3.03. The van der Waals surface area contributed by atoms with Gasteiger partial charge in [0.2, 0.25) is 0 Å². The van der Waals surface area contributed by atoms with Gasteiger partial charge in [0.25, 0.3) is 0 Å². The van der Waals surface area contributed by atoms with Crippen molar-refractivity contribution >= 4 is 22.9 Å². The summed E-state index contributed by atoms with van der Waals surface area (Å²) >= 11 is 2.33. The number of nitrogens with zero attached hydrogens (tertiary/aromatic N) is 3. The van der Waals surface area contributed by atoms with Crippen molar-refractivity contribution in [1.82, 2.24) is 13.3 Å². The molecule has 1 fully saturated rings. The highest BCUT2D eigenvalue weighted by Crippen LogP contribution is 2.19. The zero-order valence-corrected chi connectivity index (χ0v) is 9.86. The van der Waals surface area contributed by atoms with Crippen molar-refractivity contribution in [2.45, 2.75) is 6.42 Å². The lowest BCUT2D eigenvalue weighted by molar-refractivity contribution is -0.130. The Morgan fingerprint density at radius 2 is 2.08 bits per heavy atom. The van der Waals surface area contributed by atoms with Crippen molar-refractivity contribution in [2.75, 3.05) is 33.7 Å². The molecule has 0 spiro atoms. The lowest BCUT2D eigenvalue weighted by atomic mass is 10.1. The number of hydrazine groups is 2. The van der Waals surface area contributed by atoms with Gasteiger partial charge in [-0.05, 0) is 18.9 Å². The molecule has 0 aromatic carbocycles. The van der Waals surface area contributed by atoms with E-state index in [4.69, 9.17) is 5.73 Å². The largest absolute Gasteiger partial charge is 0.330 e. The van der Waals surface area contributed by atoms with E-state index in [1.807, 2.05) is 0 Å². The molecule has 1 aliphatic rings. The minimum absolute atomic E-state index is 0.716. The third-order valence-electron chi connectivity index (χ3n) is 2.31. The van der Waals surface area contributed by atoms with E-state index in [0.717, 1.165) is 26.1 Å². The van der Waals surface area contributed by atoms with Gasteiger partial charge in [0, 0.05) is 50.0 Å². The first-order chi connectivity index (χ1) is 5.65. The minimum atomic E-state index is 0.716. The Bertz CT molecular complexity index is 131. The predicted octanol–water partition coefficient (Wildman–Crippen LogP) is 0.311. The molecule has 4 nitrogen and oxygen atoms in total. The van der Waals surface area contributed by atoms with Gasteiger partial charge >= 0.3 is 0 Å². The smallest absolute Gasteiger partial charge is 0.0381 e. The molecule has 0 aromatic heterocycles. The second-order valence-corrected chi connectivity index (χ2v) is 4.41. The molecular weight excluding hydrogens is 267 g/mol. The third-order valence-corrected chi connectivity index (χ3v) is 3.33. The molecule has 0 saturated carbocycles. The summed E-state index contributed by atoms with van der Waals surface area (Å²) in [5.74, 6) is 0.716. The third kappa shape index (κ3) is 2.53. The molecule has 0 aliphatic carbocycles. The van der Waals surface area contributed by atoms with Gasteiger partial charge in [0.05, 0.1) is 0 Å². The monoisotopic (exact) mass is 284 g/mol. The first-order valence-corrected chi connectivity index (χ1v) is 5.19. The quantitative estimate of drug-likeness (QED) is 0.585. The molecule has 1 saturated heterocycles. The van der Waals surface area contributed by atoms with Gasteiger partial charge in [-0.1, -0.05) is 0 Å². The van der Waals surface area contributed by atoms with Crippen molar-refractivity contribution in [2.24, 2.45) is 11.7 Å². The van der Waals surface area contributed by atoms with Crippen LogP contribution in [-0.2, 0) is 0 Å². The van der Waals surface area contributed by atoms with Gasteiger partial charge in [-0.15, -0.1) is 0 Å². The van der Waals surface area contributed by atoms with Crippen LogP contribution in [0.15, 0.2) is 0 Å². The first kappa shape index (κ1) is 10.6. The Hall–Kier alpha value is 0.570. The number of hydrogen-bond acceptors (Lipinski definition) is 4. The van der Waals surface area contributed by atoms with E-state index in [1.165, 1.54) is 0 Å². The van der Waals surface area contributed by atoms with E-state index in [-0.39, 0.29) is 0 Å². The molecule has 2 N–H and O–H groups in total. The molecule has 1 unspecified atom stereocenters. The molecule has 12 heavy (non-hydrogen) atoms. The zero-order valence-electron chi connectivity index (χ0n) is 7.70. The zero-order chi connectivity index (χ0) is 9.14. The van der Waals surface area contributed by atoms with E-state index < -0.39 is 0 Å². The fraction of sp³-hybridized carbons (Fsp3) is 1.00. The highest BCUT2D eigenvalue weighted by atomic mass is 127. The fourth-order valence-electron chi connectivity index (χ4n) is 1.46. The van der Waals surface area contributed by atoms with Crippen LogP contribution in [-0.4, -0.2) is 47.1 Å². The van der Waals surface area contributed by atoms with Gasteiger partial charge < -0.3 is 5.73 Å². The lowest BCUT2D eigenvalue weighted by Gasteiger charge is -2.42. The fourth-order valence-corrected chi connectivity index (χ4v) is 2.35. The topological polar surface area (TPSA) is 35.7 Å². The van der Waals surface area contributed by atoms with Gasteiger partial charge in [0.15, 0.2) is 0 Å². The molecule has 0 amide bonds. The van der Waals surface area contributed by atoms with Crippen molar-refractivity contribution < 1.29 is 0 Å². The van der Waals surface area contributed by atoms with Gasteiger partial charge in [-0.2, -0.15) is 8.34 Å². The average molecular weight is 284 g/mol. The summed E-state index contributed by atoms with van der Waals surface area (Å²) in [5, 5.41) is 4.35. The molecule has 0 aromatic rings. The SMILES string of the molecule is CN1CC(CCN)CN(I)N1C. The van der Waals surface area contributed by atoms with E-state index in [0.29, 0.717) is 5.92 Å². The summed E-state index contributed by atoms with van der Waals surface area (Å²) in [4.78, 5) is 0. The Morgan fingerprint density at radius 1 is 1.42 bits per heavy atom. The molecule has 1 atom stereocenters. The van der Waals surface area contributed by atoms with Crippen LogP contribution in [0.2, 0.25) is 0 Å². The molecule has 72 valence electrons. The van der Waals surface area contributed by atoms with Crippen molar-refractivity contribution in [3.63, 3.8) is 0 Å². The lowest BCUT2D eigenvalue weighted by Crippen LogP contribution is -2.53. The normalized spacial score (nSPS) is 29.5. The maximum absolute atomic E-state index is 5.53. The maximum atomic E-state index is 5.53. The van der Waals surface area contributed by atoms with Gasteiger partial charge in [-0.25, -0.2) is 5.01 Å². The van der Waals surface area contributed by atoms with Crippen LogP contribution in [0.25, 0.3) is 0 Å². The summed E-state index contributed by atoms with van der Waals surface area (Å²) in [7, 11) is 4.18. The number of nitrogens with two attached hydrogens (primary N) is 1. The predicted molar refractivity (Wildman–Crippen MR) is 58.3 cm³/mol. The van der Waals surface area contributed by atoms with Crippen LogP contribution in [0.4, 0.5) is 0 Å². The van der Waals surface area contributed by atoms with E-state index in [9.17, 15) is 0 Å². The molecule has 0 bridgehead atoms. The molecule has 1 aliphatic heterocycles. The van der Waals surface area contributed by atoms with Crippen LogP contribution >= 0.6 is 22.9 Å². The minimum Gasteiger partial charge on any atom is -0.330 e. The van der Waals surface area contributed by atoms with Gasteiger partial charge in [0.1, 0.15) is 0 Å². The van der Waals surface area contributed by atoms with E-state index >= 15 is 0 Å². The van der Waals surface area contributed by atoms with Crippen LogP contribution < -0.4 is 5.73 Å². The molecule has 0 radical (unpaired) electrons. The van der Waals surface area contributed by atoms with E-state index in [2.05, 4.69) is 50.3 Å². The summed E-state index contributed by atoms with van der Waals surface area (Å²) < 4.78 is 2.20. The summed E-state index contributed by atoms with van der Waals surface area (Å²) in [6.07, 6.45) is 1.12. The molecule has 1 heterocycles. The van der Waals surface area contributed by atoms with E-state index in [1.54, 1.807) is 0 Å². The van der Waals surface area contributed by atoms with Crippen LogP contribution in [0.1, 0.15) is 6.42 Å². The standard InChI is InChI=1S/C7H17IN4/c1-10-5-7(3-4-9)6-12(8)11(10)2/h7H,3-6,9H2,1-2H3. The number of hydrogen-bond donors (Lipinski definition) is 1. The number of rotatable bonds is 2. The second-order valence-electron chi connectivity index (χ2n) is 3.29. The Morgan fingerprint density at radius 3 is 2.58 bits per heavy atom. The second kappa shape index (κ2) is 4.71. The first-order valence-electron chi connectivity index (χ1n) is 4.23. The Labute approximate surface area is 88.1 Å². The van der Waals surface area contributed by atoms with Crippen molar-refractivity contribution in [3.8, 4) is 0 Å². The Kier molecular flexibility index (Phi) is 4.18. The molecule has 5 heteroatoms. The summed E-state index contributed by atoms with van der Waals surface area (Å²) in [5.41, 5.74) is 5.53. The molecular formula is C7H17IN4. The van der Waals surface area contributed by atoms with Crippen LogP contribution in [0.3, 0.4) is 0 Å². The van der Waals surface area contributed by atoms with Crippen molar-refractivity contribution in [1.29, 1.82) is 0 Å². The Balaban J connectivity index is 2.42. The molecule has 1 rings (SSSR count). The van der Waals surface area contributed by atoms with Crippen LogP contribution in [0.5, 0.6) is 0 Å².